The summed E-state index contributed by atoms with van der Waals surface area (Å²) < 4.78 is 4.97. The normalized spacial score (nSPS) is 40.5. The maximum absolute atomic E-state index is 11.8. The van der Waals surface area contributed by atoms with E-state index in [0.717, 1.165) is 18.3 Å². The summed E-state index contributed by atoms with van der Waals surface area (Å²) in [5.74, 6) is 2.21. The first-order valence-corrected chi connectivity index (χ1v) is 7.03. The van der Waals surface area contributed by atoms with E-state index in [-0.39, 0.29) is 11.9 Å². The molecule has 0 saturated heterocycles. The van der Waals surface area contributed by atoms with Gasteiger partial charge in [0, 0.05) is 0 Å². The van der Waals surface area contributed by atoms with Crippen molar-refractivity contribution < 1.29 is 9.53 Å². The van der Waals surface area contributed by atoms with Gasteiger partial charge in [0.25, 0.3) is 0 Å². The number of esters is 1. The van der Waals surface area contributed by atoms with Crippen LogP contribution in [0.1, 0.15) is 52.9 Å². The highest BCUT2D eigenvalue weighted by molar-refractivity contribution is 5.72. The van der Waals surface area contributed by atoms with Gasteiger partial charge in [0.1, 0.15) is 0 Å². The van der Waals surface area contributed by atoms with Gasteiger partial charge in [0.2, 0.25) is 0 Å². The van der Waals surface area contributed by atoms with Crippen LogP contribution in [0.5, 0.6) is 0 Å². The van der Waals surface area contributed by atoms with Gasteiger partial charge in [-0.25, -0.2) is 0 Å². The van der Waals surface area contributed by atoms with Gasteiger partial charge >= 0.3 is 5.97 Å². The third-order valence-corrected chi connectivity index (χ3v) is 5.34. The Bertz CT molecular complexity index is 295. The molecule has 4 atom stereocenters. The van der Waals surface area contributed by atoms with Crippen LogP contribution in [0.3, 0.4) is 0 Å². The van der Waals surface area contributed by atoms with Crippen LogP contribution in [0.4, 0.5) is 0 Å². The molecule has 0 N–H and O–H groups in total. The van der Waals surface area contributed by atoms with E-state index in [1.165, 1.54) is 32.8 Å². The molecule has 2 aliphatic carbocycles. The van der Waals surface area contributed by atoms with E-state index in [1.807, 2.05) is 0 Å². The molecule has 2 aliphatic rings. The molecular formula is C15H26O2. The lowest BCUT2D eigenvalue weighted by Crippen LogP contribution is -2.44. The van der Waals surface area contributed by atoms with Crippen molar-refractivity contribution in [1.82, 2.24) is 0 Å². The minimum absolute atomic E-state index is 0.0114. The van der Waals surface area contributed by atoms with Crippen molar-refractivity contribution in [3.63, 3.8) is 0 Å². The Morgan fingerprint density at radius 3 is 2.65 bits per heavy atom. The summed E-state index contributed by atoms with van der Waals surface area (Å²) in [6.07, 6.45) is 6.31. The highest BCUT2D eigenvalue weighted by Gasteiger charge is 2.46. The highest BCUT2D eigenvalue weighted by Crippen LogP contribution is 2.53. The van der Waals surface area contributed by atoms with Crippen molar-refractivity contribution >= 4 is 5.97 Å². The van der Waals surface area contributed by atoms with E-state index >= 15 is 0 Å². The lowest BCUT2D eigenvalue weighted by atomic mass is 9.55. The van der Waals surface area contributed by atoms with Crippen LogP contribution in [-0.2, 0) is 9.53 Å². The molecule has 0 heterocycles. The van der Waals surface area contributed by atoms with Gasteiger partial charge < -0.3 is 4.74 Å². The number of ether oxygens (including phenoxy) is 1. The van der Waals surface area contributed by atoms with Crippen molar-refractivity contribution in [2.24, 2.45) is 29.1 Å². The van der Waals surface area contributed by atoms with Crippen molar-refractivity contribution in [3.05, 3.63) is 0 Å². The Morgan fingerprint density at radius 1 is 1.29 bits per heavy atom. The molecule has 0 radical (unpaired) electrons. The Kier molecular flexibility index (Phi) is 3.51. The maximum atomic E-state index is 11.8. The van der Waals surface area contributed by atoms with Gasteiger partial charge in [-0.1, -0.05) is 33.6 Å². The van der Waals surface area contributed by atoms with E-state index in [2.05, 4.69) is 20.8 Å². The monoisotopic (exact) mass is 238 g/mol. The molecule has 2 saturated carbocycles. The summed E-state index contributed by atoms with van der Waals surface area (Å²) in [6, 6.07) is 0. The van der Waals surface area contributed by atoms with Gasteiger partial charge in [-0.3, -0.25) is 4.79 Å². The second-order valence-electron chi connectivity index (χ2n) is 6.83. The number of fused-ring (bicyclic) bond motifs is 1. The quantitative estimate of drug-likeness (QED) is 0.652. The van der Waals surface area contributed by atoms with Crippen molar-refractivity contribution in [2.75, 3.05) is 7.11 Å². The molecule has 0 aromatic rings. The van der Waals surface area contributed by atoms with Crippen molar-refractivity contribution in [2.45, 2.75) is 52.9 Å². The zero-order chi connectivity index (χ0) is 12.6. The second kappa shape index (κ2) is 4.62. The number of rotatable bonds is 1. The average Bonchev–Trinajstić information content (AvgIpc) is 2.27. The lowest BCUT2D eigenvalue weighted by molar-refractivity contribution is -0.152. The van der Waals surface area contributed by atoms with Crippen molar-refractivity contribution in [3.8, 4) is 0 Å². The Balaban J connectivity index is 2.14. The van der Waals surface area contributed by atoms with Crippen LogP contribution in [0.15, 0.2) is 0 Å². The molecule has 17 heavy (non-hydrogen) atoms. The van der Waals surface area contributed by atoms with Gasteiger partial charge in [-0.15, -0.1) is 0 Å². The molecule has 2 heteroatoms. The van der Waals surface area contributed by atoms with Gasteiger partial charge in [-0.05, 0) is 42.4 Å². The molecular weight excluding hydrogens is 212 g/mol. The van der Waals surface area contributed by atoms with Crippen LogP contribution in [0.25, 0.3) is 0 Å². The van der Waals surface area contributed by atoms with Crippen LogP contribution in [0.2, 0.25) is 0 Å². The van der Waals surface area contributed by atoms with E-state index in [0.29, 0.717) is 11.3 Å². The minimum atomic E-state index is 0.0114. The average molecular weight is 238 g/mol. The van der Waals surface area contributed by atoms with Crippen LogP contribution >= 0.6 is 0 Å². The molecule has 0 bridgehead atoms. The predicted molar refractivity (Wildman–Crippen MR) is 68.5 cm³/mol. The fourth-order valence-electron chi connectivity index (χ4n) is 4.27. The van der Waals surface area contributed by atoms with Gasteiger partial charge in [0.05, 0.1) is 13.0 Å². The standard InChI is InChI=1S/C15H26O2/c1-10-8-11-6-5-7-15(2,3)13(11)9-12(10)14(16)17-4/h10-13H,5-9H2,1-4H3. The fourth-order valence-corrected chi connectivity index (χ4v) is 4.27. The second-order valence-corrected chi connectivity index (χ2v) is 6.83. The summed E-state index contributed by atoms with van der Waals surface area (Å²) in [5.41, 5.74) is 0.412. The molecule has 2 nitrogen and oxygen atoms in total. The maximum Gasteiger partial charge on any atom is 0.308 e. The zero-order valence-corrected chi connectivity index (χ0v) is 11.7. The molecule has 0 aliphatic heterocycles. The third kappa shape index (κ3) is 2.36. The molecule has 0 aromatic heterocycles. The fraction of sp³-hybridized carbons (Fsp3) is 0.933. The first-order chi connectivity index (χ1) is 7.95. The predicted octanol–water partition coefficient (Wildman–Crippen LogP) is 3.65. The molecule has 0 spiro atoms. The van der Waals surface area contributed by atoms with E-state index < -0.39 is 0 Å². The zero-order valence-electron chi connectivity index (χ0n) is 11.7. The van der Waals surface area contributed by atoms with Crippen LogP contribution < -0.4 is 0 Å². The number of hydrogen-bond donors (Lipinski definition) is 0. The van der Waals surface area contributed by atoms with Crippen molar-refractivity contribution in [1.29, 1.82) is 0 Å². The number of carbonyl (C=O) groups is 1. The summed E-state index contributed by atoms with van der Waals surface area (Å²) in [6.45, 7) is 6.99. The van der Waals surface area contributed by atoms with E-state index in [9.17, 15) is 4.79 Å². The molecule has 0 amide bonds. The minimum Gasteiger partial charge on any atom is -0.469 e. The first-order valence-electron chi connectivity index (χ1n) is 7.03. The van der Waals surface area contributed by atoms with Crippen LogP contribution in [-0.4, -0.2) is 13.1 Å². The Labute approximate surface area is 105 Å². The molecule has 2 rings (SSSR count). The summed E-state index contributed by atoms with van der Waals surface area (Å²) in [4.78, 5) is 11.8. The number of methoxy groups -OCH3 is 1. The number of carbonyl (C=O) groups excluding carboxylic acids is 1. The van der Waals surface area contributed by atoms with Gasteiger partial charge in [-0.2, -0.15) is 0 Å². The summed E-state index contributed by atoms with van der Waals surface area (Å²) in [5, 5.41) is 0. The van der Waals surface area contributed by atoms with E-state index in [4.69, 9.17) is 4.74 Å². The smallest absolute Gasteiger partial charge is 0.308 e. The Morgan fingerprint density at radius 2 is 2.00 bits per heavy atom. The topological polar surface area (TPSA) is 26.3 Å². The Hall–Kier alpha value is -0.530. The lowest BCUT2D eigenvalue weighted by Gasteiger charge is -2.50. The van der Waals surface area contributed by atoms with E-state index in [1.54, 1.807) is 0 Å². The highest BCUT2D eigenvalue weighted by atomic mass is 16.5. The molecule has 2 fully saturated rings. The summed E-state index contributed by atoms with van der Waals surface area (Å²) in [7, 11) is 1.52. The van der Waals surface area contributed by atoms with Gasteiger partial charge in [0.15, 0.2) is 0 Å². The number of hydrogen-bond acceptors (Lipinski definition) is 2. The molecule has 0 aromatic carbocycles. The molecule has 98 valence electrons. The third-order valence-electron chi connectivity index (χ3n) is 5.34. The van der Waals surface area contributed by atoms with Crippen LogP contribution in [0, 0.1) is 29.1 Å². The largest absolute Gasteiger partial charge is 0.469 e. The SMILES string of the molecule is COC(=O)C1CC2C(CCCC2(C)C)CC1C. The molecule has 4 unspecified atom stereocenters. The first kappa shape index (κ1) is 12.9. The summed E-state index contributed by atoms with van der Waals surface area (Å²) >= 11 is 0.